The standard InChI is InChI=1S/C19H15Cl2N3O2S/c1-11-2-5-13(6-3-11)22-19(27)24-23-18(25)17-9-8-16(26-17)14-10-12(20)4-7-15(14)21/h2-10H,1H3,(H,23,25)(H2,22,24,27). The van der Waals surface area contributed by atoms with E-state index in [1.807, 2.05) is 31.2 Å². The lowest BCUT2D eigenvalue weighted by atomic mass is 10.2. The summed E-state index contributed by atoms with van der Waals surface area (Å²) < 4.78 is 5.57. The van der Waals surface area contributed by atoms with Crippen LogP contribution >= 0.6 is 35.4 Å². The van der Waals surface area contributed by atoms with Crippen molar-refractivity contribution in [3.63, 3.8) is 0 Å². The summed E-state index contributed by atoms with van der Waals surface area (Å²) in [6, 6.07) is 15.9. The number of hydrogen-bond acceptors (Lipinski definition) is 3. The normalized spacial score (nSPS) is 10.3. The van der Waals surface area contributed by atoms with Crippen LogP contribution in [0.1, 0.15) is 16.1 Å². The molecule has 0 aliphatic rings. The number of furan rings is 1. The van der Waals surface area contributed by atoms with Crippen LogP contribution in [0.15, 0.2) is 59.0 Å². The summed E-state index contributed by atoms with van der Waals surface area (Å²) in [5.41, 5.74) is 7.66. The van der Waals surface area contributed by atoms with Crippen molar-refractivity contribution < 1.29 is 9.21 Å². The van der Waals surface area contributed by atoms with Crippen molar-refractivity contribution in [2.75, 3.05) is 5.32 Å². The molecule has 138 valence electrons. The van der Waals surface area contributed by atoms with E-state index in [2.05, 4.69) is 16.2 Å². The molecule has 0 spiro atoms. The van der Waals surface area contributed by atoms with Crippen LogP contribution in [-0.4, -0.2) is 11.0 Å². The van der Waals surface area contributed by atoms with E-state index in [4.69, 9.17) is 39.8 Å². The van der Waals surface area contributed by atoms with Crippen molar-refractivity contribution in [3.8, 4) is 11.3 Å². The molecule has 27 heavy (non-hydrogen) atoms. The fourth-order valence-corrected chi connectivity index (χ4v) is 2.82. The fraction of sp³-hybridized carbons (Fsp3) is 0.0526. The fourth-order valence-electron chi connectivity index (χ4n) is 2.27. The number of halogens is 2. The van der Waals surface area contributed by atoms with Crippen LogP contribution in [0.5, 0.6) is 0 Å². The molecular weight excluding hydrogens is 405 g/mol. The molecule has 1 heterocycles. The summed E-state index contributed by atoms with van der Waals surface area (Å²) in [7, 11) is 0. The molecule has 0 bridgehead atoms. The molecule has 1 amide bonds. The van der Waals surface area contributed by atoms with Crippen LogP contribution in [0.2, 0.25) is 10.0 Å². The van der Waals surface area contributed by atoms with Gasteiger partial charge in [-0.05, 0) is 61.6 Å². The first-order chi connectivity index (χ1) is 12.9. The predicted molar refractivity (Wildman–Crippen MR) is 112 cm³/mol. The Kier molecular flexibility index (Phi) is 6.01. The topological polar surface area (TPSA) is 66.3 Å². The third-order valence-electron chi connectivity index (χ3n) is 3.62. The lowest BCUT2D eigenvalue weighted by Crippen LogP contribution is -2.43. The largest absolute Gasteiger partial charge is 0.451 e. The summed E-state index contributed by atoms with van der Waals surface area (Å²) in [6.45, 7) is 1.99. The molecule has 0 aliphatic carbocycles. The van der Waals surface area contributed by atoms with Crippen LogP contribution < -0.4 is 16.2 Å². The van der Waals surface area contributed by atoms with Crippen molar-refractivity contribution in [1.82, 2.24) is 10.9 Å². The van der Waals surface area contributed by atoms with Gasteiger partial charge in [0.15, 0.2) is 10.9 Å². The average Bonchev–Trinajstić information content (AvgIpc) is 3.13. The second kappa shape index (κ2) is 8.43. The van der Waals surface area contributed by atoms with Crippen molar-refractivity contribution in [2.24, 2.45) is 0 Å². The monoisotopic (exact) mass is 419 g/mol. The highest BCUT2D eigenvalue weighted by molar-refractivity contribution is 7.80. The number of nitrogens with one attached hydrogen (secondary N) is 3. The van der Waals surface area contributed by atoms with Crippen molar-refractivity contribution >= 4 is 52.1 Å². The number of hydrazine groups is 1. The zero-order valence-electron chi connectivity index (χ0n) is 14.2. The van der Waals surface area contributed by atoms with Gasteiger partial charge in [-0.15, -0.1) is 0 Å². The minimum absolute atomic E-state index is 0.103. The maximum atomic E-state index is 12.2. The van der Waals surface area contributed by atoms with E-state index in [-0.39, 0.29) is 10.9 Å². The Balaban J connectivity index is 1.60. The molecule has 0 fully saturated rings. The summed E-state index contributed by atoms with van der Waals surface area (Å²) in [5, 5.41) is 4.20. The lowest BCUT2D eigenvalue weighted by molar-refractivity contribution is 0.0917. The number of amides is 1. The quantitative estimate of drug-likeness (QED) is 0.402. The van der Waals surface area contributed by atoms with E-state index in [0.717, 1.165) is 11.3 Å². The first-order valence-corrected chi connectivity index (χ1v) is 9.08. The summed E-state index contributed by atoms with van der Waals surface area (Å²) >= 11 is 17.3. The third kappa shape index (κ3) is 5.01. The molecule has 0 aliphatic heterocycles. The SMILES string of the molecule is Cc1ccc(NC(=S)NNC(=O)c2ccc(-c3cc(Cl)ccc3Cl)o2)cc1. The Bertz CT molecular complexity index is 987. The number of aryl methyl sites for hydroxylation is 1. The Hall–Kier alpha value is -2.54. The van der Waals surface area contributed by atoms with Gasteiger partial charge in [0.2, 0.25) is 0 Å². The van der Waals surface area contributed by atoms with Crippen LogP contribution in [0.3, 0.4) is 0 Å². The molecule has 5 nitrogen and oxygen atoms in total. The van der Waals surface area contributed by atoms with E-state index in [9.17, 15) is 4.79 Å². The maximum absolute atomic E-state index is 12.2. The zero-order chi connectivity index (χ0) is 19.4. The van der Waals surface area contributed by atoms with Gasteiger partial charge in [-0.3, -0.25) is 15.6 Å². The number of thiocarbonyl (C=S) groups is 1. The summed E-state index contributed by atoms with van der Waals surface area (Å²) in [5.74, 6) is 0.0622. The van der Waals surface area contributed by atoms with E-state index in [1.165, 1.54) is 0 Å². The molecule has 0 saturated carbocycles. The molecular formula is C19H15Cl2N3O2S. The summed E-state index contributed by atoms with van der Waals surface area (Å²) in [6.07, 6.45) is 0. The Morgan fingerprint density at radius 3 is 2.48 bits per heavy atom. The molecule has 3 N–H and O–H groups in total. The van der Waals surface area contributed by atoms with Crippen LogP contribution in [0.4, 0.5) is 5.69 Å². The second-order valence-corrected chi connectivity index (χ2v) is 6.94. The van der Waals surface area contributed by atoms with Gasteiger partial charge in [0.25, 0.3) is 0 Å². The molecule has 0 saturated heterocycles. The van der Waals surface area contributed by atoms with Crippen molar-refractivity contribution in [3.05, 3.63) is 76.0 Å². The number of benzene rings is 2. The first kappa shape index (κ1) is 19.2. The third-order valence-corrected chi connectivity index (χ3v) is 4.39. The Morgan fingerprint density at radius 1 is 1.00 bits per heavy atom. The number of hydrogen-bond donors (Lipinski definition) is 3. The number of anilines is 1. The molecule has 0 atom stereocenters. The van der Waals surface area contributed by atoms with Crippen LogP contribution in [0, 0.1) is 6.92 Å². The van der Waals surface area contributed by atoms with Crippen LogP contribution in [-0.2, 0) is 0 Å². The van der Waals surface area contributed by atoms with E-state index in [1.54, 1.807) is 30.3 Å². The number of carbonyl (C=O) groups is 1. The highest BCUT2D eigenvalue weighted by Gasteiger charge is 2.14. The molecule has 2 aromatic carbocycles. The van der Waals surface area contributed by atoms with Gasteiger partial charge in [0, 0.05) is 16.3 Å². The van der Waals surface area contributed by atoms with Gasteiger partial charge in [0.1, 0.15) is 5.76 Å². The molecule has 3 rings (SSSR count). The highest BCUT2D eigenvalue weighted by Crippen LogP contribution is 2.31. The molecule has 3 aromatic rings. The second-order valence-electron chi connectivity index (χ2n) is 5.69. The molecule has 0 radical (unpaired) electrons. The highest BCUT2D eigenvalue weighted by atomic mass is 35.5. The van der Waals surface area contributed by atoms with Gasteiger partial charge < -0.3 is 9.73 Å². The van der Waals surface area contributed by atoms with Crippen molar-refractivity contribution in [1.29, 1.82) is 0 Å². The predicted octanol–water partition coefficient (Wildman–Crippen LogP) is 5.19. The van der Waals surface area contributed by atoms with Gasteiger partial charge in [-0.2, -0.15) is 0 Å². The Labute approximate surface area is 171 Å². The van der Waals surface area contributed by atoms with Gasteiger partial charge in [-0.25, -0.2) is 0 Å². The van der Waals surface area contributed by atoms with Crippen molar-refractivity contribution in [2.45, 2.75) is 6.92 Å². The zero-order valence-corrected chi connectivity index (χ0v) is 16.5. The smallest absolute Gasteiger partial charge is 0.305 e. The molecule has 1 aromatic heterocycles. The maximum Gasteiger partial charge on any atom is 0.305 e. The minimum atomic E-state index is -0.479. The minimum Gasteiger partial charge on any atom is -0.451 e. The average molecular weight is 420 g/mol. The van der Waals surface area contributed by atoms with E-state index >= 15 is 0 Å². The molecule has 8 heteroatoms. The van der Waals surface area contributed by atoms with Gasteiger partial charge in [0.05, 0.1) is 5.02 Å². The first-order valence-electron chi connectivity index (χ1n) is 7.91. The van der Waals surface area contributed by atoms with Gasteiger partial charge >= 0.3 is 5.91 Å². The molecule has 0 unspecified atom stereocenters. The van der Waals surface area contributed by atoms with Crippen LogP contribution in [0.25, 0.3) is 11.3 Å². The number of carbonyl (C=O) groups excluding carboxylic acids is 1. The van der Waals surface area contributed by atoms with E-state index < -0.39 is 5.91 Å². The lowest BCUT2D eigenvalue weighted by Gasteiger charge is -2.11. The number of rotatable bonds is 3. The van der Waals surface area contributed by atoms with E-state index in [0.29, 0.717) is 21.4 Å². The summed E-state index contributed by atoms with van der Waals surface area (Å²) in [4.78, 5) is 12.2. The Morgan fingerprint density at radius 2 is 1.74 bits per heavy atom. The van der Waals surface area contributed by atoms with Gasteiger partial charge in [-0.1, -0.05) is 40.9 Å².